The Labute approximate surface area is 193 Å². The number of hydrogen-bond acceptors (Lipinski definition) is 9. The van der Waals surface area contributed by atoms with E-state index in [1.54, 1.807) is 18.2 Å². The molecule has 1 aromatic heterocycles. The van der Waals surface area contributed by atoms with Gasteiger partial charge in [0.25, 0.3) is 11.6 Å². The van der Waals surface area contributed by atoms with Crippen LogP contribution in [0.4, 0.5) is 10.8 Å². The summed E-state index contributed by atoms with van der Waals surface area (Å²) in [5.74, 6) is 1.07. The van der Waals surface area contributed by atoms with E-state index >= 15 is 0 Å². The summed E-state index contributed by atoms with van der Waals surface area (Å²) >= 11 is 1.48. The van der Waals surface area contributed by atoms with E-state index in [4.69, 9.17) is 9.47 Å². The van der Waals surface area contributed by atoms with Gasteiger partial charge in [0.2, 0.25) is 6.10 Å². The van der Waals surface area contributed by atoms with Crippen LogP contribution in [0.1, 0.15) is 0 Å². The summed E-state index contributed by atoms with van der Waals surface area (Å²) < 4.78 is 12.2. The summed E-state index contributed by atoms with van der Waals surface area (Å²) in [6.07, 6.45) is -0.647. The minimum Gasteiger partial charge on any atom is -0.485 e. The number of non-ortho nitro benzene ring substituents is 1. The largest absolute Gasteiger partial charge is 0.485 e. The van der Waals surface area contributed by atoms with Gasteiger partial charge in [-0.15, -0.1) is 0 Å². The Morgan fingerprint density at radius 1 is 1.18 bits per heavy atom. The first-order valence-electron chi connectivity index (χ1n) is 10.8. The van der Waals surface area contributed by atoms with Crippen LogP contribution in [0, 0.1) is 10.1 Å². The van der Waals surface area contributed by atoms with E-state index in [1.165, 1.54) is 17.4 Å². The average Bonchev–Trinajstić information content (AvgIpc) is 3.27. The zero-order valence-corrected chi connectivity index (χ0v) is 18.6. The van der Waals surface area contributed by atoms with Crippen LogP contribution in [0.5, 0.6) is 11.5 Å². The van der Waals surface area contributed by atoms with Gasteiger partial charge in [0.15, 0.2) is 16.6 Å². The lowest BCUT2D eigenvalue weighted by Crippen LogP contribution is -2.50. The number of piperazine rings is 1. The van der Waals surface area contributed by atoms with E-state index in [9.17, 15) is 14.9 Å². The maximum Gasteiger partial charge on any atom is 0.270 e. The molecule has 0 bridgehead atoms. The van der Waals surface area contributed by atoms with Crippen molar-refractivity contribution >= 4 is 38.3 Å². The topological polar surface area (TPSA) is 110 Å². The molecule has 2 aliphatic rings. The highest BCUT2D eigenvalue weighted by Crippen LogP contribution is 2.32. The summed E-state index contributed by atoms with van der Waals surface area (Å²) in [6.45, 7) is 4.80. The molecule has 0 saturated carbocycles. The lowest BCUT2D eigenvalue weighted by atomic mass is 10.2. The fraction of sp³-hybridized carbons (Fsp3) is 0.364. The zero-order chi connectivity index (χ0) is 22.8. The first-order chi connectivity index (χ1) is 16.1. The van der Waals surface area contributed by atoms with Gasteiger partial charge < -0.3 is 19.7 Å². The highest BCUT2D eigenvalue weighted by atomic mass is 32.1. The van der Waals surface area contributed by atoms with E-state index in [2.05, 4.69) is 20.1 Å². The molecule has 0 aliphatic carbocycles. The highest BCUT2D eigenvalue weighted by molar-refractivity contribution is 7.22. The molecular formula is C22H23N5O5S. The summed E-state index contributed by atoms with van der Waals surface area (Å²) in [5.41, 5.74) is 0.862. The molecule has 10 nitrogen and oxygen atoms in total. The van der Waals surface area contributed by atoms with Crippen molar-refractivity contribution in [1.29, 1.82) is 0 Å². The number of nitro benzene ring substituents is 1. The zero-order valence-electron chi connectivity index (χ0n) is 17.8. The molecule has 2 aliphatic heterocycles. The van der Waals surface area contributed by atoms with Crippen LogP contribution in [-0.4, -0.2) is 72.7 Å². The second-order valence-electron chi connectivity index (χ2n) is 7.89. The normalized spacial score (nSPS) is 18.3. The minimum absolute atomic E-state index is 0.0824. The second kappa shape index (κ2) is 9.20. The Hall–Kier alpha value is -3.44. The van der Waals surface area contributed by atoms with Gasteiger partial charge in [0.05, 0.1) is 15.1 Å². The fourth-order valence-electron chi connectivity index (χ4n) is 3.91. The van der Waals surface area contributed by atoms with E-state index in [0.717, 1.165) is 48.1 Å². The van der Waals surface area contributed by atoms with E-state index in [-0.39, 0.29) is 23.1 Å². The Kier molecular flexibility index (Phi) is 5.97. The number of para-hydroxylation sites is 2. The predicted molar refractivity (Wildman–Crippen MR) is 124 cm³/mol. The number of hydrogen-bond donors (Lipinski definition) is 1. The number of nitrogens with zero attached hydrogens (tertiary/aromatic N) is 4. The number of nitrogens with one attached hydrogen (secondary N) is 1. The van der Waals surface area contributed by atoms with Crippen LogP contribution in [-0.2, 0) is 4.79 Å². The third kappa shape index (κ3) is 4.69. The number of aromatic nitrogens is 1. The SMILES string of the molecule is O=C(NCCN1CCN(c2nc3ccc([N+](=O)[O-])cc3s2)CC1)C1COc2ccccc2O1. The van der Waals surface area contributed by atoms with Crippen LogP contribution in [0.3, 0.4) is 0 Å². The minimum atomic E-state index is -0.647. The van der Waals surface area contributed by atoms with Crippen LogP contribution < -0.4 is 19.7 Å². The summed E-state index contributed by atoms with van der Waals surface area (Å²) in [6, 6.07) is 12.1. The first kappa shape index (κ1) is 21.4. The lowest BCUT2D eigenvalue weighted by molar-refractivity contribution is -0.384. The van der Waals surface area contributed by atoms with Gasteiger partial charge in [-0.2, -0.15) is 0 Å². The first-order valence-corrected chi connectivity index (χ1v) is 11.6. The van der Waals surface area contributed by atoms with Gasteiger partial charge in [0.1, 0.15) is 6.61 Å². The number of rotatable bonds is 6. The highest BCUT2D eigenvalue weighted by Gasteiger charge is 2.27. The molecule has 3 aromatic rings. The van der Waals surface area contributed by atoms with Crippen molar-refractivity contribution in [3.63, 3.8) is 0 Å². The van der Waals surface area contributed by atoms with Crippen LogP contribution in [0.2, 0.25) is 0 Å². The summed E-state index contributed by atoms with van der Waals surface area (Å²) in [4.78, 5) is 32.2. The Bertz CT molecular complexity index is 1180. The van der Waals surface area contributed by atoms with E-state index < -0.39 is 6.10 Å². The number of nitro groups is 1. The summed E-state index contributed by atoms with van der Waals surface area (Å²) in [7, 11) is 0. The smallest absolute Gasteiger partial charge is 0.270 e. The molecular weight excluding hydrogens is 446 g/mol. The number of fused-ring (bicyclic) bond motifs is 2. The molecule has 3 heterocycles. The molecule has 0 radical (unpaired) electrons. The van der Waals surface area contributed by atoms with Gasteiger partial charge in [-0.3, -0.25) is 19.8 Å². The van der Waals surface area contributed by atoms with Gasteiger partial charge >= 0.3 is 0 Å². The number of benzene rings is 2. The molecule has 33 heavy (non-hydrogen) atoms. The van der Waals surface area contributed by atoms with Gasteiger partial charge in [0, 0.05) is 51.4 Å². The quantitative estimate of drug-likeness (QED) is 0.433. The predicted octanol–water partition coefficient (Wildman–Crippen LogP) is 2.28. The molecule has 2 aromatic carbocycles. The van der Waals surface area contributed by atoms with Gasteiger partial charge in [-0.1, -0.05) is 23.5 Å². The van der Waals surface area contributed by atoms with E-state index in [1.807, 2.05) is 18.2 Å². The van der Waals surface area contributed by atoms with Crippen molar-refractivity contribution < 1.29 is 19.2 Å². The average molecular weight is 470 g/mol. The Balaban J connectivity index is 1.08. The number of carbonyl (C=O) groups excluding carboxylic acids is 1. The van der Waals surface area contributed by atoms with Crippen molar-refractivity contribution in [2.75, 3.05) is 50.8 Å². The van der Waals surface area contributed by atoms with Gasteiger partial charge in [-0.25, -0.2) is 4.98 Å². The number of anilines is 1. The molecule has 1 unspecified atom stereocenters. The summed E-state index contributed by atoms with van der Waals surface area (Å²) in [5, 5.41) is 14.8. The molecule has 5 rings (SSSR count). The third-order valence-corrected chi connectivity index (χ3v) is 6.82. The molecule has 172 valence electrons. The number of amides is 1. The van der Waals surface area contributed by atoms with Crippen LogP contribution in [0.25, 0.3) is 10.2 Å². The number of ether oxygens (including phenoxy) is 2. The second-order valence-corrected chi connectivity index (χ2v) is 8.90. The van der Waals surface area contributed by atoms with Gasteiger partial charge in [-0.05, 0) is 18.2 Å². The van der Waals surface area contributed by atoms with Crippen molar-refractivity contribution in [2.45, 2.75) is 6.10 Å². The van der Waals surface area contributed by atoms with Crippen molar-refractivity contribution in [1.82, 2.24) is 15.2 Å². The molecule has 1 saturated heterocycles. The van der Waals surface area contributed by atoms with E-state index in [0.29, 0.717) is 18.0 Å². The Morgan fingerprint density at radius 2 is 1.97 bits per heavy atom. The fourth-order valence-corrected chi connectivity index (χ4v) is 4.96. The van der Waals surface area contributed by atoms with Crippen LogP contribution in [0.15, 0.2) is 42.5 Å². The van der Waals surface area contributed by atoms with Crippen molar-refractivity contribution in [3.05, 3.63) is 52.6 Å². The molecule has 11 heteroatoms. The number of thiazole rings is 1. The maximum atomic E-state index is 12.4. The molecule has 1 amide bonds. The van der Waals surface area contributed by atoms with Crippen molar-refractivity contribution in [2.24, 2.45) is 0 Å². The molecule has 1 atom stereocenters. The molecule has 0 spiro atoms. The molecule has 1 fully saturated rings. The monoisotopic (exact) mass is 469 g/mol. The number of carbonyl (C=O) groups is 1. The van der Waals surface area contributed by atoms with Crippen molar-refractivity contribution in [3.8, 4) is 11.5 Å². The molecule has 1 N–H and O–H groups in total. The van der Waals surface area contributed by atoms with Crippen LogP contribution >= 0.6 is 11.3 Å². The standard InChI is InChI=1S/C22H23N5O5S/c28-21(19-14-31-17-3-1-2-4-18(17)32-19)23-7-8-25-9-11-26(12-10-25)22-24-16-6-5-15(27(29)30)13-20(16)33-22/h1-6,13,19H,7-12,14H2,(H,23,28). The third-order valence-electron chi connectivity index (χ3n) is 5.74. The lowest BCUT2D eigenvalue weighted by Gasteiger charge is -2.34. The maximum absolute atomic E-state index is 12.4. The Morgan fingerprint density at radius 3 is 2.76 bits per heavy atom.